The van der Waals surface area contributed by atoms with E-state index in [9.17, 15) is 14.0 Å². The first-order valence-electron chi connectivity index (χ1n) is 5.92. The van der Waals surface area contributed by atoms with E-state index in [1.807, 2.05) is 22.6 Å². The number of hydrogen-bond donors (Lipinski definition) is 1. The maximum atomic E-state index is 13.5. The molecule has 2 rings (SSSR count). The fraction of sp³-hybridized carbons (Fsp3) is 0.0714. The van der Waals surface area contributed by atoms with Crippen LogP contribution in [0, 0.1) is 9.39 Å². The van der Waals surface area contributed by atoms with Gasteiger partial charge < -0.3 is 10.1 Å². The van der Waals surface area contributed by atoms with E-state index in [1.165, 1.54) is 31.5 Å². The van der Waals surface area contributed by atoms with Crippen molar-refractivity contribution in [1.29, 1.82) is 0 Å². The predicted octanol–water partition coefficient (Wildman–Crippen LogP) is 3.52. The van der Waals surface area contributed by atoms with Crippen LogP contribution >= 0.6 is 34.2 Å². The van der Waals surface area contributed by atoms with Gasteiger partial charge in [0.15, 0.2) is 0 Å². The Kier molecular flexibility index (Phi) is 5.30. The highest BCUT2D eigenvalue weighted by Crippen LogP contribution is 2.26. The molecule has 0 aliphatic rings. The number of aromatic nitrogens is 1. The first kappa shape index (κ1) is 16.6. The number of amides is 1. The van der Waals surface area contributed by atoms with Crippen LogP contribution in [0.1, 0.15) is 20.7 Å². The Balaban J connectivity index is 2.40. The van der Waals surface area contributed by atoms with Gasteiger partial charge in [-0.1, -0.05) is 11.6 Å². The van der Waals surface area contributed by atoms with E-state index in [0.717, 1.165) is 6.07 Å². The van der Waals surface area contributed by atoms with E-state index < -0.39 is 17.7 Å². The molecule has 0 atom stereocenters. The zero-order valence-corrected chi connectivity index (χ0v) is 14.1. The van der Waals surface area contributed by atoms with Crippen molar-refractivity contribution in [2.75, 3.05) is 12.4 Å². The van der Waals surface area contributed by atoms with Gasteiger partial charge >= 0.3 is 5.97 Å². The summed E-state index contributed by atoms with van der Waals surface area (Å²) in [6, 6.07) is 5.05. The Morgan fingerprint density at radius 1 is 1.36 bits per heavy atom. The lowest BCUT2D eigenvalue weighted by molar-refractivity contribution is 0.0601. The predicted molar refractivity (Wildman–Crippen MR) is 87.7 cm³/mol. The summed E-state index contributed by atoms with van der Waals surface area (Å²) in [6.45, 7) is 0. The molecule has 0 aliphatic carbocycles. The summed E-state index contributed by atoms with van der Waals surface area (Å²) in [5, 5.41) is 2.73. The molecule has 1 amide bonds. The van der Waals surface area contributed by atoms with Crippen LogP contribution in [-0.4, -0.2) is 24.0 Å². The molecular weight excluding hydrogens is 426 g/mol. The van der Waals surface area contributed by atoms with Gasteiger partial charge in [0.2, 0.25) is 0 Å². The molecule has 114 valence electrons. The Hall–Kier alpha value is -1.74. The Bertz CT molecular complexity index is 755. The lowest BCUT2D eigenvalue weighted by atomic mass is 10.1. The summed E-state index contributed by atoms with van der Waals surface area (Å²) < 4.78 is 18.4. The second kappa shape index (κ2) is 7.01. The SMILES string of the molecule is COC(=O)c1cc(F)cc(I)c1NC(=O)c1ccnc(Cl)c1. The van der Waals surface area contributed by atoms with Crippen molar-refractivity contribution >= 4 is 51.8 Å². The molecule has 5 nitrogen and oxygen atoms in total. The van der Waals surface area contributed by atoms with E-state index in [1.54, 1.807) is 0 Å². The molecule has 1 N–H and O–H groups in total. The van der Waals surface area contributed by atoms with E-state index in [-0.39, 0.29) is 22.0 Å². The third-order valence-electron chi connectivity index (χ3n) is 2.69. The molecule has 0 bridgehead atoms. The molecule has 0 radical (unpaired) electrons. The van der Waals surface area contributed by atoms with Crippen LogP contribution in [0.4, 0.5) is 10.1 Å². The van der Waals surface area contributed by atoms with E-state index in [2.05, 4.69) is 15.0 Å². The van der Waals surface area contributed by atoms with Gasteiger partial charge in [-0.05, 0) is 46.9 Å². The molecule has 0 unspecified atom stereocenters. The Labute approximate surface area is 144 Å². The van der Waals surface area contributed by atoms with Crippen LogP contribution in [-0.2, 0) is 4.74 Å². The normalized spacial score (nSPS) is 10.2. The molecule has 1 heterocycles. The van der Waals surface area contributed by atoms with Crippen molar-refractivity contribution in [2.24, 2.45) is 0 Å². The topological polar surface area (TPSA) is 68.3 Å². The van der Waals surface area contributed by atoms with Crippen LogP contribution in [0.5, 0.6) is 0 Å². The fourth-order valence-electron chi connectivity index (χ4n) is 1.70. The Morgan fingerprint density at radius 2 is 2.09 bits per heavy atom. The molecule has 1 aromatic heterocycles. The van der Waals surface area contributed by atoms with Crippen molar-refractivity contribution in [3.63, 3.8) is 0 Å². The van der Waals surface area contributed by atoms with E-state index in [4.69, 9.17) is 11.6 Å². The van der Waals surface area contributed by atoms with Crippen LogP contribution in [0.15, 0.2) is 30.5 Å². The van der Waals surface area contributed by atoms with Gasteiger partial charge in [-0.2, -0.15) is 0 Å². The Morgan fingerprint density at radius 3 is 2.73 bits per heavy atom. The molecule has 0 spiro atoms. The van der Waals surface area contributed by atoms with Crippen molar-refractivity contribution in [2.45, 2.75) is 0 Å². The number of esters is 1. The second-order valence-corrected chi connectivity index (χ2v) is 5.67. The summed E-state index contributed by atoms with van der Waals surface area (Å²) in [5.41, 5.74) is 0.364. The summed E-state index contributed by atoms with van der Waals surface area (Å²) in [4.78, 5) is 27.7. The number of nitrogens with one attached hydrogen (secondary N) is 1. The van der Waals surface area contributed by atoms with Crippen molar-refractivity contribution in [3.8, 4) is 0 Å². The molecule has 1 aromatic carbocycles. The third-order valence-corrected chi connectivity index (χ3v) is 3.75. The largest absolute Gasteiger partial charge is 0.465 e. The third kappa shape index (κ3) is 3.72. The molecular formula is C14H9ClFIN2O3. The highest BCUT2D eigenvalue weighted by Gasteiger charge is 2.19. The first-order chi connectivity index (χ1) is 10.4. The number of halogens is 3. The van der Waals surface area contributed by atoms with E-state index >= 15 is 0 Å². The maximum Gasteiger partial charge on any atom is 0.340 e. The number of ether oxygens (including phenoxy) is 1. The van der Waals surface area contributed by atoms with Gasteiger partial charge in [0, 0.05) is 15.3 Å². The number of benzene rings is 1. The fourth-order valence-corrected chi connectivity index (χ4v) is 2.60. The van der Waals surface area contributed by atoms with Crippen LogP contribution < -0.4 is 5.32 Å². The number of pyridine rings is 1. The van der Waals surface area contributed by atoms with Gasteiger partial charge in [-0.25, -0.2) is 14.2 Å². The summed E-state index contributed by atoms with van der Waals surface area (Å²) in [6.07, 6.45) is 1.38. The average Bonchev–Trinajstić information content (AvgIpc) is 2.48. The highest BCUT2D eigenvalue weighted by atomic mass is 127. The van der Waals surface area contributed by atoms with Crippen LogP contribution in [0.25, 0.3) is 0 Å². The standard InChI is InChI=1S/C14H9ClFIN2O3/c1-22-14(21)9-5-8(16)6-10(17)12(9)19-13(20)7-2-3-18-11(15)4-7/h2-6H,1H3,(H,19,20). The number of carbonyl (C=O) groups excluding carboxylic acids is 2. The van der Waals surface area contributed by atoms with Crippen molar-refractivity contribution < 1.29 is 18.7 Å². The van der Waals surface area contributed by atoms with Gasteiger partial charge in [0.1, 0.15) is 11.0 Å². The maximum absolute atomic E-state index is 13.5. The second-order valence-electron chi connectivity index (χ2n) is 4.12. The number of carbonyl (C=O) groups is 2. The van der Waals surface area contributed by atoms with Crippen LogP contribution in [0.2, 0.25) is 5.15 Å². The van der Waals surface area contributed by atoms with Crippen molar-refractivity contribution in [1.82, 2.24) is 4.98 Å². The summed E-state index contributed by atoms with van der Waals surface area (Å²) in [5.74, 6) is -1.85. The zero-order chi connectivity index (χ0) is 16.3. The van der Waals surface area contributed by atoms with Gasteiger partial charge in [-0.3, -0.25) is 4.79 Å². The monoisotopic (exact) mass is 434 g/mol. The molecule has 0 saturated heterocycles. The van der Waals surface area contributed by atoms with Gasteiger partial charge in [0.05, 0.1) is 18.4 Å². The summed E-state index contributed by atoms with van der Waals surface area (Å²) >= 11 is 7.55. The lowest BCUT2D eigenvalue weighted by Crippen LogP contribution is -2.17. The number of hydrogen-bond acceptors (Lipinski definition) is 4. The molecule has 0 aliphatic heterocycles. The average molecular weight is 435 g/mol. The first-order valence-corrected chi connectivity index (χ1v) is 7.38. The number of nitrogens with zero attached hydrogens (tertiary/aromatic N) is 1. The minimum atomic E-state index is -0.750. The van der Waals surface area contributed by atoms with Crippen LogP contribution in [0.3, 0.4) is 0 Å². The highest BCUT2D eigenvalue weighted by molar-refractivity contribution is 14.1. The smallest absolute Gasteiger partial charge is 0.340 e. The molecule has 0 fully saturated rings. The minimum absolute atomic E-state index is 0.0691. The molecule has 8 heteroatoms. The van der Waals surface area contributed by atoms with Crippen molar-refractivity contribution in [3.05, 3.63) is 56.1 Å². The molecule has 0 saturated carbocycles. The van der Waals surface area contributed by atoms with Gasteiger partial charge in [0.25, 0.3) is 5.91 Å². The number of methoxy groups -OCH3 is 1. The van der Waals surface area contributed by atoms with Gasteiger partial charge in [-0.15, -0.1) is 0 Å². The minimum Gasteiger partial charge on any atom is -0.465 e. The zero-order valence-electron chi connectivity index (χ0n) is 11.2. The molecule has 2 aromatic rings. The number of anilines is 1. The quantitative estimate of drug-likeness (QED) is 0.456. The number of rotatable bonds is 3. The lowest BCUT2D eigenvalue weighted by Gasteiger charge is -2.12. The van der Waals surface area contributed by atoms with E-state index in [0.29, 0.717) is 3.57 Å². The summed E-state index contributed by atoms with van der Waals surface area (Å²) in [7, 11) is 1.17. The molecule has 22 heavy (non-hydrogen) atoms.